The van der Waals surface area contributed by atoms with Crippen LogP contribution in [0, 0.1) is 11.8 Å². The Morgan fingerprint density at radius 2 is 2.20 bits per heavy atom. The molecule has 2 bridgehead atoms. The number of nitrogens with zero attached hydrogens (tertiary/aromatic N) is 1. The van der Waals surface area contributed by atoms with Gasteiger partial charge in [-0.05, 0) is 48.6 Å². The monoisotopic (exact) mass is 203 g/mol. The topological polar surface area (TPSA) is 64.9 Å². The Bertz CT molecular complexity index is 375. The maximum atomic E-state index is 6.14. The lowest BCUT2D eigenvalue weighted by Crippen LogP contribution is -2.50. The number of pyridine rings is 1. The Kier molecular flexibility index (Phi) is 1.96. The molecule has 0 aliphatic heterocycles. The molecular formula is C12H17N3. The number of nitrogen functional groups attached to an aromatic ring is 1. The van der Waals surface area contributed by atoms with Gasteiger partial charge in [-0.3, -0.25) is 4.98 Å². The first-order chi connectivity index (χ1) is 7.27. The fourth-order valence-electron chi connectivity index (χ4n) is 3.36. The number of hydrogen-bond donors (Lipinski definition) is 2. The van der Waals surface area contributed by atoms with Crippen molar-refractivity contribution in [1.82, 2.24) is 4.98 Å². The Balaban J connectivity index is 1.93. The van der Waals surface area contributed by atoms with Crippen LogP contribution >= 0.6 is 0 Å². The van der Waals surface area contributed by atoms with Gasteiger partial charge in [-0.2, -0.15) is 0 Å². The van der Waals surface area contributed by atoms with E-state index in [0.29, 0.717) is 17.9 Å². The molecule has 1 aromatic heterocycles. The number of aromatic nitrogens is 1. The van der Waals surface area contributed by atoms with Crippen molar-refractivity contribution in [3.8, 4) is 0 Å². The van der Waals surface area contributed by atoms with Gasteiger partial charge in [0.2, 0.25) is 0 Å². The van der Waals surface area contributed by atoms with Crippen LogP contribution in [-0.2, 0) is 0 Å². The molecule has 3 heteroatoms. The molecule has 2 aliphatic carbocycles. The van der Waals surface area contributed by atoms with Gasteiger partial charge in [0.25, 0.3) is 0 Å². The number of anilines is 1. The van der Waals surface area contributed by atoms with Crippen LogP contribution in [0.4, 0.5) is 5.69 Å². The molecule has 0 amide bonds. The zero-order valence-corrected chi connectivity index (χ0v) is 8.76. The average molecular weight is 203 g/mol. The van der Waals surface area contributed by atoms with E-state index in [1.165, 1.54) is 24.8 Å². The Morgan fingerprint density at radius 3 is 2.87 bits per heavy atom. The highest BCUT2D eigenvalue weighted by Gasteiger charge is 2.48. The molecule has 2 saturated carbocycles. The van der Waals surface area contributed by atoms with Crippen molar-refractivity contribution in [1.29, 1.82) is 0 Å². The average Bonchev–Trinajstić information content (AvgIpc) is 2.21. The van der Waals surface area contributed by atoms with Crippen LogP contribution in [0.1, 0.15) is 30.7 Å². The lowest BCUT2D eigenvalue weighted by atomic mass is 9.53. The largest absolute Gasteiger partial charge is 0.397 e. The summed E-state index contributed by atoms with van der Waals surface area (Å²) in [6.45, 7) is 0. The number of nitrogens with two attached hydrogens (primary N) is 2. The Hall–Kier alpha value is -1.09. The zero-order valence-electron chi connectivity index (χ0n) is 8.76. The van der Waals surface area contributed by atoms with Gasteiger partial charge in [0, 0.05) is 12.2 Å². The minimum atomic E-state index is 0.382. The number of hydrogen-bond acceptors (Lipinski definition) is 3. The highest BCUT2D eigenvalue weighted by molar-refractivity contribution is 5.48. The lowest BCUT2D eigenvalue weighted by Gasteiger charge is -2.53. The molecule has 0 saturated heterocycles. The normalized spacial score (nSPS) is 38.5. The van der Waals surface area contributed by atoms with Crippen molar-refractivity contribution in [2.45, 2.75) is 31.2 Å². The predicted octanol–water partition coefficient (Wildman–Crippen LogP) is 1.50. The van der Waals surface area contributed by atoms with Crippen molar-refractivity contribution in [2.24, 2.45) is 17.6 Å². The Morgan fingerprint density at radius 1 is 1.33 bits per heavy atom. The van der Waals surface area contributed by atoms with E-state index >= 15 is 0 Å². The summed E-state index contributed by atoms with van der Waals surface area (Å²) < 4.78 is 0. The second-order valence-electron chi connectivity index (χ2n) is 4.93. The van der Waals surface area contributed by atoms with Crippen molar-refractivity contribution >= 4 is 5.69 Å². The van der Waals surface area contributed by atoms with Gasteiger partial charge in [0.1, 0.15) is 0 Å². The molecule has 2 fully saturated rings. The molecule has 3 rings (SSSR count). The number of rotatable bonds is 1. The Labute approximate surface area is 89.9 Å². The first-order valence-electron chi connectivity index (χ1n) is 5.72. The third kappa shape index (κ3) is 1.26. The van der Waals surface area contributed by atoms with Gasteiger partial charge >= 0.3 is 0 Å². The van der Waals surface area contributed by atoms with E-state index in [9.17, 15) is 0 Å². The van der Waals surface area contributed by atoms with Crippen LogP contribution in [0.15, 0.2) is 18.5 Å². The first kappa shape index (κ1) is 9.16. The summed E-state index contributed by atoms with van der Waals surface area (Å²) in [6, 6.07) is 2.45. The van der Waals surface area contributed by atoms with E-state index in [0.717, 1.165) is 11.6 Å². The van der Waals surface area contributed by atoms with E-state index in [-0.39, 0.29) is 0 Å². The van der Waals surface area contributed by atoms with Crippen LogP contribution < -0.4 is 11.5 Å². The first-order valence-corrected chi connectivity index (χ1v) is 5.72. The summed E-state index contributed by atoms with van der Waals surface area (Å²) in [5.41, 5.74) is 14.2. The quantitative estimate of drug-likeness (QED) is 0.727. The molecule has 3 nitrogen and oxygen atoms in total. The molecule has 15 heavy (non-hydrogen) atoms. The third-order valence-electron chi connectivity index (χ3n) is 4.21. The highest BCUT2D eigenvalue weighted by Crippen LogP contribution is 2.56. The van der Waals surface area contributed by atoms with Gasteiger partial charge in [-0.25, -0.2) is 0 Å². The standard InChI is InChI=1S/C12H17N3/c13-10-2-1-7-5-9(10)12(7)8-3-4-15-6-11(8)14/h3-4,6-7,9-10,12H,1-2,5,13-14H2. The fraction of sp³-hybridized carbons (Fsp3) is 0.583. The van der Waals surface area contributed by atoms with Gasteiger partial charge in [0.15, 0.2) is 0 Å². The SMILES string of the molecule is Nc1cnccc1C1C2CCC(N)C1C2. The molecule has 4 unspecified atom stereocenters. The summed E-state index contributed by atoms with van der Waals surface area (Å²) in [6.07, 6.45) is 7.36. The highest BCUT2D eigenvalue weighted by atomic mass is 14.7. The van der Waals surface area contributed by atoms with E-state index in [1.54, 1.807) is 6.20 Å². The zero-order chi connectivity index (χ0) is 10.4. The minimum absolute atomic E-state index is 0.382. The van der Waals surface area contributed by atoms with E-state index < -0.39 is 0 Å². The molecule has 4 atom stereocenters. The van der Waals surface area contributed by atoms with Gasteiger partial charge in [0.05, 0.1) is 11.9 Å². The van der Waals surface area contributed by atoms with E-state index in [2.05, 4.69) is 11.1 Å². The van der Waals surface area contributed by atoms with Crippen LogP contribution in [-0.4, -0.2) is 11.0 Å². The molecule has 1 aromatic rings. The van der Waals surface area contributed by atoms with Crippen molar-refractivity contribution < 1.29 is 0 Å². The summed E-state index contributed by atoms with van der Waals surface area (Å²) in [5.74, 6) is 2.09. The molecule has 0 spiro atoms. The van der Waals surface area contributed by atoms with Crippen LogP contribution in [0.25, 0.3) is 0 Å². The predicted molar refractivity (Wildman–Crippen MR) is 60.2 cm³/mol. The van der Waals surface area contributed by atoms with Gasteiger partial charge in [-0.15, -0.1) is 0 Å². The second kappa shape index (κ2) is 3.20. The number of fused-ring (bicyclic) bond motifs is 2. The van der Waals surface area contributed by atoms with E-state index in [1.807, 2.05) is 6.20 Å². The molecular weight excluding hydrogens is 186 g/mol. The smallest absolute Gasteiger partial charge is 0.0536 e. The minimum Gasteiger partial charge on any atom is -0.397 e. The molecule has 4 N–H and O–H groups in total. The summed E-state index contributed by atoms with van der Waals surface area (Å²) >= 11 is 0. The molecule has 2 aliphatic rings. The van der Waals surface area contributed by atoms with Crippen LogP contribution in [0.3, 0.4) is 0 Å². The van der Waals surface area contributed by atoms with Crippen molar-refractivity contribution in [2.75, 3.05) is 5.73 Å². The second-order valence-corrected chi connectivity index (χ2v) is 4.93. The third-order valence-corrected chi connectivity index (χ3v) is 4.21. The maximum Gasteiger partial charge on any atom is 0.0536 e. The summed E-state index contributed by atoms with van der Waals surface area (Å²) in [7, 11) is 0. The summed E-state index contributed by atoms with van der Waals surface area (Å²) in [5, 5.41) is 0. The lowest BCUT2D eigenvalue weighted by molar-refractivity contribution is 0.0522. The van der Waals surface area contributed by atoms with Gasteiger partial charge < -0.3 is 11.5 Å². The maximum absolute atomic E-state index is 6.14. The van der Waals surface area contributed by atoms with Crippen LogP contribution in [0.2, 0.25) is 0 Å². The van der Waals surface area contributed by atoms with Crippen molar-refractivity contribution in [3.63, 3.8) is 0 Å². The molecule has 80 valence electrons. The van der Waals surface area contributed by atoms with Crippen LogP contribution in [0.5, 0.6) is 0 Å². The van der Waals surface area contributed by atoms with Crippen molar-refractivity contribution in [3.05, 3.63) is 24.0 Å². The molecule has 1 heterocycles. The fourth-order valence-corrected chi connectivity index (χ4v) is 3.36. The molecule has 0 radical (unpaired) electrons. The van der Waals surface area contributed by atoms with Gasteiger partial charge in [-0.1, -0.05) is 0 Å². The summed E-state index contributed by atoms with van der Waals surface area (Å²) in [4.78, 5) is 4.04. The molecule has 0 aromatic carbocycles. The van der Waals surface area contributed by atoms with E-state index in [4.69, 9.17) is 11.5 Å².